The summed E-state index contributed by atoms with van der Waals surface area (Å²) in [4.78, 5) is 16.9. The third-order valence-electron chi connectivity index (χ3n) is 5.33. The zero-order chi connectivity index (χ0) is 20.1. The normalized spacial score (nSPS) is 15.8. The topological polar surface area (TPSA) is 40.2 Å². The Balaban J connectivity index is 1.53. The second-order valence-electron chi connectivity index (χ2n) is 7.61. The Morgan fingerprint density at radius 3 is 2.39 bits per heavy atom. The third-order valence-corrected chi connectivity index (χ3v) is 5.56. The summed E-state index contributed by atoms with van der Waals surface area (Å²) < 4.78 is 13.2. The maximum Gasteiger partial charge on any atom is 0.277 e. The van der Waals surface area contributed by atoms with Gasteiger partial charge in [-0.25, -0.2) is 4.39 Å². The summed E-state index contributed by atoms with van der Waals surface area (Å²) >= 11 is 6.08. The lowest BCUT2D eigenvalue weighted by Gasteiger charge is -2.36. The van der Waals surface area contributed by atoms with Gasteiger partial charge in [0.05, 0.1) is 0 Å². The van der Waals surface area contributed by atoms with Gasteiger partial charge < -0.3 is 15.1 Å². The Labute approximate surface area is 171 Å². The molecule has 1 aliphatic heterocycles. The molecule has 2 aromatic carbocycles. The van der Waals surface area contributed by atoms with Crippen LogP contribution in [0.4, 0.5) is 10.1 Å². The van der Waals surface area contributed by atoms with Crippen LogP contribution in [0, 0.1) is 11.7 Å². The van der Waals surface area contributed by atoms with E-state index in [1.807, 2.05) is 41.3 Å². The molecule has 0 unspecified atom stereocenters. The molecule has 1 fully saturated rings. The molecule has 1 heterocycles. The van der Waals surface area contributed by atoms with E-state index in [9.17, 15) is 9.18 Å². The molecule has 0 saturated carbocycles. The van der Waals surface area contributed by atoms with E-state index in [2.05, 4.69) is 24.1 Å². The van der Waals surface area contributed by atoms with E-state index in [1.54, 1.807) is 0 Å². The Morgan fingerprint density at radius 2 is 1.79 bits per heavy atom. The average Bonchev–Trinajstić information content (AvgIpc) is 2.69. The van der Waals surface area contributed by atoms with Gasteiger partial charge in [-0.1, -0.05) is 43.6 Å². The zero-order valence-electron chi connectivity index (χ0n) is 16.4. The molecule has 0 aromatic heterocycles. The Hall–Kier alpha value is -2.11. The van der Waals surface area contributed by atoms with E-state index >= 15 is 0 Å². The number of carbonyl (C=O) groups is 1. The highest BCUT2D eigenvalue weighted by Gasteiger charge is 2.25. The first-order chi connectivity index (χ1) is 13.4. The maximum absolute atomic E-state index is 13.2. The smallest absolute Gasteiger partial charge is 0.277 e. The summed E-state index contributed by atoms with van der Waals surface area (Å²) in [7, 11) is 0. The predicted octanol–water partition coefficient (Wildman–Crippen LogP) is 3.09. The molecule has 0 aliphatic carbocycles. The van der Waals surface area contributed by atoms with Gasteiger partial charge in [0, 0.05) is 48.4 Å². The van der Waals surface area contributed by atoms with Crippen LogP contribution in [0.2, 0.25) is 5.02 Å². The van der Waals surface area contributed by atoms with E-state index in [0.29, 0.717) is 25.6 Å². The number of quaternary nitrogens is 1. The van der Waals surface area contributed by atoms with Crippen LogP contribution >= 0.6 is 11.6 Å². The second-order valence-corrected chi connectivity index (χ2v) is 8.05. The highest BCUT2D eigenvalue weighted by atomic mass is 35.5. The van der Waals surface area contributed by atoms with E-state index in [-0.39, 0.29) is 17.8 Å². The number of amides is 1. The van der Waals surface area contributed by atoms with Gasteiger partial charge in [-0.2, -0.15) is 0 Å². The number of hydrogen-bond acceptors (Lipinski definition) is 2. The Bertz CT molecular complexity index is 789. The first kappa shape index (κ1) is 20.6. The first-order valence-corrected chi connectivity index (χ1v) is 10.2. The predicted molar refractivity (Wildman–Crippen MR) is 111 cm³/mol. The van der Waals surface area contributed by atoms with Crippen LogP contribution in [0.25, 0.3) is 0 Å². The van der Waals surface area contributed by atoms with Crippen LogP contribution in [-0.4, -0.2) is 43.5 Å². The lowest BCUT2D eigenvalue weighted by atomic mass is 9.96. The fourth-order valence-corrected chi connectivity index (χ4v) is 3.91. The van der Waals surface area contributed by atoms with Crippen LogP contribution in [0.15, 0.2) is 48.5 Å². The van der Waals surface area contributed by atoms with Crippen molar-refractivity contribution in [1.82, 2.24) is 4.90 Å². The van der Waals surface area contributed by atoms with E-state index in [0.717, 1.165) is 29.4 Å². The van der Waals surface area contributed by atoms with Gasteiger partial charge in [0.1, 0.15) is 11.9 Å². The highest BCUT2D eigenvalue weighted by molar-refractivity contribution is 6.30. The molecule has 1 aliphatic rings. The molecule has 1 atom stereocenters. The quantitative estimate of drug-likeness (QED) is 0.803. The summed E-state index contributed by atoms with van der Waals surface area (Å²) in [5.41, 5.74) is 2.15. The van der Waals surface area contributed by atoms with Crippen molar-refractivity contribution in [3.8, 4) is 0 Å². The number of halogens is 2. The summed E-state index contributed by atoms with van der Waals surface area (Å²) in [6.45, 7) is 7.67. The Kier molecular flexibility index (Phi) is 6.92. The van der Waals surface area contributed by atoms with Gasteiger partial charge in [0.15, 0.2) is 6.54 Å². The van der Waals surface area contributed by atoms with Crippen LogP contribution in [-0.2, 0) is 4.79 Å². The van der Waals surface area contributed by atoms with Crippen molar-refractivity contribution < 1.29 is 14.5 Å². The first-order valence-electron chi connectivity index (χ1n) is 9.81. The fraction of sp³-hybridized carbons (Fsp3) is 0.409. The Morgan fingerprint density at radius 1 is 1.11 bits per heavy atom. The van der Waals surface area contributed by atoms with Crippen molar-refractivity contribution in [3.05, 3.63) is 64.9 Å². The molecule has 6 heteroatoms. The van der Waals surface area contributed by atoms with Crippen LogP contribution < -0.4 is 10.2 Å². The number of nitrogens with zero attached hydrogens (tertiary/aromatic N) is 2. The summed E-state index contributed by atoms with van der Waals surface area (Å²) in [6, 6.07) is 14.5. The molecular formula is C22H28ClFN3O+. The van der Waals surface area contributed by atoms with Crippen molar-refractivity contribution in [3.63, 3.8) is 0 Å². The fourth-order valence-electron chi connectivity index (χ4n) is 3.72. The van der Waals surface area contributed by atoms with Crippen molar-refractivity contribution in [1.29, 1.82) is 0 Å². The molecule has 4 nitrogen and oxygen atoms in total. The van der Waals surface area contributed by atoms with Gasteiger partial charge in [-0.3, -0.25) is 4.79 Å². The molecule has 1 saturated heterocycles. The summed E-state index contributed by atoms with van der Waals surface area (Å²) in [5, 5.41) is 2.80. The summed E-state index contributed by atoms with van der Waals surface area (Å²) in [5.74, 6) is 0.261. The second kappa shape index (κ2) is 9.39. The lowest BCUT2D eigenvalue weighted by molar-refractivity contribution is -0.692. The van der Waals surface area contributed by atoms with Gasteiger partial charge in [0.25, 0.3) is 5.91 Å². The molecule has 0 spiro atoms. The van der Waals surface area contributed by atoms with Crippen LogP contribution in [0.3, 0.4) is 0 Å². The minimum atomic E-state index is -0.236. The molecule has 3 rings (SSSR count). The maximum atomic E-state index is 13.2. The van der Waals surface area contributed by atoms with Gasteiger partial charge in [-0.15, -0.1) is 0 Å². The monoisotopic (exact) mass is 404 g/mol. The van der Waals surface area contributed by atoms with Crippen LogP contribution in [0.5, 0.6) is 0 Å². The third kappa shape index (κ3) is 5.24. The number of anilines is 1. The largest absolute Gasteiger partial charge is 0.368 e. The minimum Gasteiger partial charge on any atom is -0.368 e. The molecule has 150 valence electrons. The molecule has 1 amide bonds. The molecule has 2 aromatic rings. The van der Waals surface area contributed by atoms with Crippen LogP contribution in [0.1, 0.15) is 25.5 Å². The highest BCUT2D eigenvalue weighted by Crippen LogP contribution is 2.21. The van der Waals surface area contributed by atoms with Gasteiger partial charge >= 0.3 is 0 Å². The van der Waals surface area contributed by atoms with Gasteiger partial charge in [-0.05, 0) is 30.3 Å². The number of piperazine rings is 1. The summed E-state index contributed by atoms with van der Waals surface area (Å²) in [6.07, 6.45) is 0. The standard InChI is InChI=1S/C22H27ClFN3O/c1-16(2)22(17-6-8-19(24)9-7-17)25-15-21(28)27-12-10-26(11-13-27)20-5-3-4-18(23)14-20/h3-9,14,16,22,25H,10-13,15H2,1-2H3/p+1/t22-/m0/s1. The van der Waals surface area contributed by atoms with E-state index < -0.39 is 0 Å². The number of nitrogens with two attached hydrogens (primary N) is 1. The molecule has 0 radical (unpaired) electrons. The van der Waals surface area contributed by atoms with Crippen molar-refractivity contribution in [2.45, 2.75) is 19.9 Å². The average molecular weight is 405 g/mol. The molecule has 28 heavy (non-hydrogen) atoms. The zero-order valence-corrected chi connectivity index (χ0v) is 17.2. The number of hydrogen-bond donors (Lipinski definition) is 1. The van der Waals surface area contributed by atoms with E-state index in [1.165, 1.54) is 12.1 Å². The van der Waals surface area contributed by atoms with Gasteiger partial charge in [0.2, 0.25) is 0 Å². The minimum absolute atomic E-state index is 0.136. The SMILES string of the molecule is CC(C)[C@H]([NH2+]CC(=O)N1CCN(c2cccc(Cl)c2)CC1)c1ccc(F)cc1. The number of benzene rings is 2. The molecule has 0 bridgehead atoms. The van der Waals surface area contributed by atoms with E-state index in [4.69, 9.17) is 11.6 Å². The van der Waals surface area contributed by atoms with Crippen molar-refractivity contribution >= 4 is 23.2 Å². The van der Waals surface area contributed by atoms with Crippen molar-refractivity contribution in [2.75, 3.05) is 37.6 Å². The molecular weight excluding hydrogens is 377 g/mol. The lowest BCUT2D eigenvalue weighted by Crippen LogP contribution is -2.88. The number of rotatable bonds is 6. The van der Waals surface area contributed by atoms with Crippen molar-refractivity contribution in [2.24, 2.45) is 5.92 Å². The molecule has 2 N–H and O–H groups in total. The number of carbonyl (C=O) groups excluding carboxylic acids is 1.